The number of nitrogens with two attached hydrogens (primary N) is 1. The van der Waals surface area contributed by atoms with Crippen LogP contribution in [0.5, 0.6) is 11.5 Å². The molecular formula is C14H23ClN2O3. The summed E-state index contributed by atoms with van der Waals surface area (Å²) in [5.74, 6) is 1.08. The van der Waals surface area contributed by atoms with Gasteiger partial charge in [0, 0.05) is 11.8 Å². The highest BCUT2D eigenvalue weighted by Gasteiger charge is 2.18. The van der Waals surface area contributed by atoms with Crippen LogP contribution in [0.3, 0.4) is 0 Å². The number of aryl methyl sites for hydroxylation is 1. The van der Waals surface area contributed by atoms with E-state index in [1.54, 1.807) is 20.3 Å². The van der Waals surface area contributed by atoms with Gasteiger partial charge in [-0.1, -0.05) is 13.8 Å². The number of rotatable bonds is 5. The predicted molar refractivity (Wildman–Crippen MR) is 83.0 cm³/mol. The first-order chi connectivity index (χ1) is 8.90. The van der Waals surface area contributed by atoms with Gasteiger partial charge >= 0.3 is 0 Å². The smallest absolute Gasteiger partial charge is 0.241 e. The number of benzene rings is 1. The second kappa shape index (κ2) is 7.97. The van der Waals surface area contributed by atoms with Crippen molar-refractivity contribution in [3.8, 4) is 11.5 Å². The van der Waals surface area contributed by atoms with Crippen LogP contribution in [0, 0.1) is 12.8 Å². The first-order valence-corrected chi connectivity index (χ1v) is 6.19. The number of anilines is 1. The van der Waals surface area contributed by atoms with Crippen LogP contribution in [-0.4, -0.2) is 26.2 Å². The van der Waals surface area contributed by atoms with Crippen molar-refractivity contribution >= 4 is 24.0 Å². The highest BCUT2D eigenvalue weighted by molar-refractivity contribution is 5.95. The summed E-state index contributed by atoms with van der Waals surface area (Å²) in [5.41, 5.74) is 7.39. The summed E-state index contributed by atoms with van der Waals surface area (Å²) in [6.45, 7) is 5.70. The Labute approximate surface area is 126 Å². The zero-order valence-corrected chi connectivity index (χ0v) is 13.3. The van der Waals surface area contributed by atoms with Crippen LogP contribution >= 0.6 is 12.4 Å². The summed E-state index contributed by atoms with van der Waals surface area (Å²) in [7, 11) is 3.13. The highest BCUT2D eigenvalue weighted by atomic mass is 35.5. The van der Waals surface area contributed by atoms with E-state index in [1.165, 1.54) is 0 Å². The van der Waals surface area contributed by atoms with Crippen LogP contribution < -0.4 is 20.5 Å². The van der Waals surface area contributed by atoms with E-state index >= 15 is 0 Å². The number of methoxy groups -OCH3 is 2. The van der Waals surface area contributed by atoms with Crippen LogP contribution in [0.2, 0.25) is 0 Å². The summed E-state index contributed by atoms with van der Waals surface area (Å²) in [4.78, 5) is 12.0. The number of hydrogen-bond donors (Lipinski definition) is 2. The van der Waals surface area contributed by atoms with E-state index in [0.717, 1.165) is 5.56 Å². The number of carbonyl (C=O) groups is 1. The van der Waals surface area contributed by atoms with Gasteiger partial charge in [0.1, 0.15) is 0 Å². The molecule has 0 bridgehead atoms. The van der Waals surface area contributed by atoms with Gasteiger partial charge in [-0.25, -0.2) is 0 Å². The Balaban J connectivity index is 0.00000361. The molecule has 5 nitrogen and oxygen atoms in total. The van der Waals surface area contributed by atoms with Crippen molar-refractivity contribution in [1.29, 1.82) is 0 Å². The summed E-state index contributed by atoms with van der Waals surface area (Å²) in [6.07, 6.45) is 0. The Hall–Kier alpha value is -1.46. The Morgan fingerprint density at radius 1 is 1.20 bits per heavy atom. The van der Waals surface area contributed by atoms with Crippen molar-refractivity contribution in [2.45, 2.75) is 26.8 Å². The number of nitrogens with one attached hydrogen (secondary N) is 1. The second-order valence-electron chi connectivity index (χ2n) is 4.78. The lowest BCUT2D eigenvalue weighted by atomic mass is 10.0. The van der Waals surface area contributed by atoms with E-state index in [0.29, 0.717) is 17.2 Å². The van der Waals surface area contributed by atoms with Gasteiger partial charge in [0.2, 0.25) is 5.91 Å². The van der Waals surface area contributed by atoms with E-state index < -0.39 is 6.04 Å². The predicted octanol–water partition coefficient (Wildman–Crippen LogP) is 2.36. The molecule has 0 aromatic heterocycles. The van der Waals surface area contributed by atoms with Crippen LogP contribution in [0.15, 0.2) is 12.1 Å². The summed E-state index contributed by atoms with van der Waals surface area (Å²) in [5, 5.41) is 2.82. The molecule has 0 aliphatic heterocycles. The summed E-state index contributed by atoms with van der Waals surface area (Å²) < 4.78 is 10.4. The standard InChI is InChI=1S/C14H22N2O3.ClH/c1-8(2)13(15)14(17)16-10-7-12(19-5)11(18-4)6-9(10)3;/h6-8,13H,15H2,1-5H3,(H,16,17);1H/t13-;/m1./s1. The molecular weight excluding hydrogens is 280 g/mol. The van der Waals surface area contributed by atoms with E-state index in [4.69, 9.17) is 15.2 Å². The number of hydrogen-bond acceptors (Lipinski definition) is 4. The van der Waals surface area contributed by atoms with Crippen LogP contribution in [-0.2, 0) is 4.79 Å². The van der Waals surface area contributed by atoms with Gasteiger partial charge in [-0.2, -0.15) is 0 Å². The Kier molecular flexibility index (Phi) is 7.39. The van der Waals surface area contributed by atoms with Gasteiger partial charge in [-0.15, -0.1) is 12.4 Å². The van der Waals surface area contributed by atoms with E-state index in [1.807, 2.05) is 26.8 Å². The molecule has 0 aliphatic rings. The third-order valence-corrected chi connectivity index (χ3v) is 3.01. The molecule has 1 rings (SSSR count). The van der Waals surface area contributed by atoms with Gasteiger partial charge in [-0.3, -0.25) is 4.79 Å². The quantitative estimate of drug-likeness (QED) is 0.875. The minimum atomic E-state index is -0.535. The fraction of sp³-hybridized carbons (Fsp3) is 0.500. The third kappa shape index (κ3) is 4.28. The minimum Gasteiger partial charge on any atom is -0.493 e. The largest absolute Gasteiger partial charge is 0.493 e. The first-order valence-electron chi connectivity index (χ1n) is 6.19. The van der Waals surface area contributed by atoms with Crippen LogP contribution in [0.25, 0.3) is 0 Å². The highest BCUT2D eigenvalue weighted by Crippen LogP contribution is 2.32. The Morgan fingerprint density at radius 3 is 2.15 bits per heavy atom. The Morgan fingerprint density at radius 2 is 1.70 bits per heavy atom. The minimum absolute atomic E-state index is 0. The van der Waals surface area contributed by atoms with Gasteiger partial charge in [0.05, 0.1) is 20.3 Å². The lowest BCUT2D eigenvalue weighted by Crippen LogP contribution is -2.39. The molecule has 3 N–H and O–H groups in total. The van der Waals surface area contributed by atoms with Crippen molar-refractivity contribution in [3.63, 3.8) is 0 Å². The maximum absolute atomic E-state index is 12.0. The molecule has 0 fully saturated rings. The second-order valence-corrected chi connectivity index (χ2v) is 4.78. The number of carbonyl (C=O) groups excluding carboxylic acids is 1. The molecule has 6 heteroatoms. The molecule has 1 aromatic carbocycles. The molecule has 1 aromatic rings. The lowest BCUT2D eigenvalue weighted by Gasteiger charge is -2.18. The van der Waals surface area contributed by atoms with E-state index in [-0.39, 0.29) is 24.2 Å². The van der Waals surface area contributed by atoms with Gasteiger partial charge in [0.15, 0.2) is 11.5 Å². The molecule has 0 heterocycles. The summed E-state index contributed by atoms with van der Waals surface area (Å²) in [6, 6.07) is 3.02. The normalized spacial score (nSPS) is 11.6. The van der Waals surface area contributed by atoms with Gasteiger partial charge < -0.3 is 20.5 Å². The Bertz CT molecular complexity index is 464. The molecule has 20 heavy (non-hydrogen) atoms. The fourth-order valence-corrected chi connectivity index (χ4v) is 1.63. The molecule has 0 radical (unpaired) electrons. The van der Waals surface area contributed by atoms with Crippen LogP contribution in [0.1, 0.15) is 19.4 Å². The first kappa shape index (κ1) is 18.5. The van der Waals surface area contributed by atoms with E-state index in [2.05, 4.69) is 5.32 Å². The maximum Gasteiger partial charge on any atom is 0.241 e. The summed E-state index contributed by atoms with van der Waals surface area (Å²) >= 11 is 0. The topological polar surface area (TPSA) is 73.6 Å². The molecule has 1 amide bonds. The van der Waals surface area contributed by atoms with Crippen molar-refractivity contribution in [3.05, 3.63) is 17.7 Å². The lowest BCUT2D eigenvalue weighted by molar-refractivity contribution is -0.118. The van der Waals surface area contributed by atoms with Crippen molar-refractivity contribution in [2.24, 2.45) is 11.7 Å². The van der Waals surface area contributed by atoms with Crippen molar-refractivity contribution < 1.29 is 14.3 Å². The molecule has 0 unspecified atom stereocenters. The SMILES string of the molecule is COc1cc(C)c(NC(=O)[C@H](N)C(C)C)cc1OC.Cl. The van der Waals surface area contributed by atoms with Gasteiger partial charge in [0.25, 0.3) is 0 Å². The van der Waals surface area contributed by atoms with E-state index in [9.17, 15) is 4.79 Å². The number of ether oxygens (including phenoxy) is 2. The molecule has 0 aliphatic carbocycles. The van der Waals surface area contributed by atoms with Gasteiger partial charge in [-0.05, 0) is 24.5 Å². The molecule has 0 saturated carbocycles. The third-order valence-electron chi connectivity index (χ3n) is 3.01. The number of amides is 1. The van der Waals surface area contributed by atoms with Crippen molar-refractivity contribution in [2.75, 3.05) is 19.5 Å². The monoisotopic (exact) mass is 302 g/mol. The average molecular weight is 303 g/mol. The number of halogens is 1. The zero-order valence-electron chi connectivity index (χ0n) is 12.5. The maximum atomic E-state index is 12.0. The molecule has 1 atom stereocenters. The molecule has 0 saturated heterocycles. The van der Waals surface area contributed by atoms with Crippen LogP contribution in [0.4, 0.5) is 5.69 Å². The average Bonchev–Trinajstić information content (AvgIpc) is 2.39. The molecule has 0 spiro atoms. The van der Waals surface area contributed by atoms with Crippen molar-refractivity contribution in [1.82, 2.24) is 0 Å². The fourth-order valence-electron chi connectivity index (χ4n) is 1.63. The molecule has 114 valence electrons. The zero-order chi connectivity index (χ0) is 14.6.